The van der Waals surface area contributed by atoms with E-state index in [2.05, 4.69) is 4.90 Å². The molecule has 0 aromatic rings. The van der Waals surface area contributed by atoms with E-state index in [4.69, 9.17) is 4.74 Å². The Morgan fingerprint density at radius 2 is 2.30 bits per heavy atom. The average molecular weight is 143 g/mol. The molecule has 1 aliphatic heterocycles. The minimum absolute atomic E-state index is 0.231. The number of nitrogens with zero attached hydrogens (tertiary/aromatic N) is 1. The maximum atomic E-state index is 10.6. The van der Waals surface area contributed by atoms with Crippen molar-refractivity contribution < 1.29 is 9.53 Å². The van der Waals surface area contributed by atoms with E-state index in [9.17, 15) is 4.79 Å². The molecule has 0 saturated carbocycles. The number of ether oxygens (including phenoxy) is 1. The van der Waals surface area contributed by atoms with E-state index in [1.807, 2.05) is 0 Å². The molecule has 0 aliphatic carbocycles. The molecule has 0 unspecified atom stereocenters. The van der Waals surface area contributed by atoms with Crippen LogP contribution in [0.4, 0.5) is 0 Å². The number of likely N-dealkylation sites (tertiary alicyclic amines) is 1. The van der Waals surface area contributed by atoms with Gasteiger partial charge in [-0.15, -0.1) is 0 Å². The molecule has 0 N–H and O–H groups in total. The molecule has 0 atom stereocenters. The molecule has 0 aromatic carbocycles. The standard InChI is InChI=1S/C7H13NO2/c1-6(9)3-8-4-7(5-8)10-2/h7H,3-5H2,1-2H3. The van der Waals surface area contributed by atoms with Crippen LogP contribution in [0.25, 0.3) is 0 Å². The summed E-state index contributed by atoms with van der Waals surface area (Å²) in [5, 5.41) is 0. The van der Waals surface area contributed by atoms with Gasteiger partial charge in [-0.2, -0.15) is 0 Å². The fourth-order valence-corrected chi connectivity index (χ4v) is 1.12. The molecule has 1 rings (SSSR count). The number of rotatable bonds is 3. The molecule has 1 heterocycles. The van der Waals surface area contributed by atoms with Gasteiger partial charge in [0.25, 0.3) is 0 Å². The minimum atomic E-state index is 0.231. The molecule has 3 heteroatoms. The van der Waals surface area contributed by atoms with Gasteiger partial charge in [0.1, 0.15) is 5.78 Å². The average Bonchev–Trinajstić information content (AvgIpc) is 1.76. The van der Waals surface area contributed by atoms with Gasteiger partial charge in [-0.1, -0.05) is 0 Å². The van der Waals surface area contributed by atoms with E-state index in [0.29, 0.717) is 12.6 Å². The first-order valence-corrected chi connectivity index (χ1v) is 3.47. The molecule has 3 nitrogen and oxygen atoms in total. The van der Waals surface area contributed by atoms with Crippen molar-refractivity contribution in [3.8, 4) is 0 Å². The Hall–Kier alpha value is -0.410. The van der Waals surface area contributed by atoms with Crippen LogP contribution >= 0.6 is 0 Å². The summed E-state index contributed by atoms with van der Waals surface area (Å²) < 4.78 is 5.04. The smallest absolute Gasteiger partial charge is 0.143 e. The van der Waals surface area contributed by atoms with Crippen LogP contribution in [0.1, 0.15) is 6.92 Å². The Morgan fingerprint density at radius 3 is 2.70 bits per heavy atom. The fraction of sp³-hybridized carbons (Fsp3) is 0.857. The van der Waals surface area contributed by atoms with Gasteiger partial charge in [0, 0.05) is 20.2 Å². The number of ketones is 1. The lowest BCUT2D eigenvalue weighted by Crippen LogP contribution is -2.53. The number of methoxy groups -OCH3 is 1. The highest BCUT2D eigenvalue weighted by molar-refractivity contribution is 5.77. The third kappa shape index (κ3) is 1.78. The van der Waals surface area contributed by atoms with Crippen LogP contribution in [-0.2, 0) is 9.53 Å². The van der Waals surface area contributed by atoms with Gasteiger partial charge >= 0.3 is 0 Å². The zero-order valence-electron chi connectivity index (χ0n) is 6.46. The molecule has 1 fully saturated rings. The monoisotopic (exact) mass is 143 g/mol. The summed E-state index contributed by atoms with van der Waals surface area (Å²) in [5.41, 5.74) is 0. The van der Waals surface area contributed by atoms with E-state index >= 15 is 0 Å². The van der Waals surface area contributed by atoms with Gasteiger partial charge in [-0.25, -0.2) is 0 Å². The van der Waals surface area contributed by atoms with Gasteiger partial charge in [-0.05, 0) is 6.92 Å². The van der Waals surface area contributed by atoms with Gasteiger partial charge in [0.05, 0.1) is 12.6 Å². The summed E-state index contributed by atoms with van der Waals surface area (Å²) in [5.74, 6) is 0.231. The van der Waals surface area contributed by atoms with Gasteiger partial charge in [0.15, 0.2) is 0 Å². The number of hydrogen-bond donors (Lipinski definition) is 0. The van der Waals surface area contributed by atoms with E-state index < -0.39 is 0 Å². The summed E-state index contributed by atoms with van der Waals surface area (Å²) in [7, 11) is 1.70. The molecular weight excluding hydrogens is 130 g/mol. The summed E-state index contributed by atoms with van der Waals surface area (Å²) in [6, 6.07) is 0. The SMILES string of the molecule is COC1CN(CC(C)=O)C1. The van der Waals surface area contributed by atoms with Crippen LogP contribution < -0.4 is 0 Å². The Balaban J connectivity index is 2.08. The van der Waals surface area contributed by atoms with Crippen molar-refractivity contribution in [3.63, 3.8) is 0 Å². The first-order chi connectivity index (χ1) is 4.72. The normalized spacial score (nSPS) is 20.6. The molecule has 0 aromatic heterocycles. The van der Waals surface area contributed by atoms with Crippen LogP contribution in [0.15, 0.2) is 0 Å². The number of hydrogen-bond acceptors (Lipinski definition) is 3. The van der Waals surface area contributed by atoms with Gasteiger partial charge in [-0.3, -0.25) is 9.69 Å². The maximum Gasteiger partial charge on any atom is 0.143 e. The Labute approximate surface area is 61.0 Å². The molecule has 1 saturated heterocycles. The third-order valence-corrected chi connectivity index (χ3v) is 1.70. The Morgan fingerprint density at radius 1 is 1.70 bits per heavy atom. The maximum absolute atomic E-state index is 10.6. The van der Waals surface area contributed by atoms with E-state index in [1.54, 1.807) is 14.0 Å². The van der Waals surface area contributed by atoms with Crippen LogP contribution in [0.5, 0.6) is 0 Å². The topological polar surface area (TPSA) is 29.5 Å². The largest absolute Gasteiger partial charge is 0.379 e. The zero-order valence-corrected chi connectivity index (χ0v) is 6.46. The lowest BCUT2D eigenvalue weighted by molar-refractivity contribution is -0.121. The van der Waals surface area contributed by atoms with Crippen molar-refractivity contribution in [1.82, 2.24) is 4.90 Å². The molecule has 0 radical (unpaired) electrons. The highest BCUT2D eigenvalue weighted by atomic mass is 16.5. The second kappa shape index (κ2) is 3.12. The van der Waals surface area contributed by atoms with Crippen LogP contribution in [0, 0.1) is 0 Å². The first-order valence-electron chi connectivity index (χ1n) is 3.47. The van der Waals surface area contributed by atoms with Crippen molar-refractivity contribution in [1.29, 1.82) is 0 Å². The molecule has 0 bridgehead atoms. The summed E-state index contributed by atoms with van der Waals surface area (Å²) in [4.78, 5) is 12.6. The molecule has 10 heavy (non-hydrogen) atoms. The quantitative estimate of drug-likeness (QED) is 0.553. The second-order valence-corrected chi connectivity index (χ2v) is 2.75. The van der Waals surface area contributed by atoms with Gasteiger partial charge < -0.3 is 4.74 Å². The van der Waals surface area contributed by atoms with Crippen LogP contribution in [0.3, 0.4) is 0 Å². The van der Waals surface area contributed by atoms with Crippen LogP contribution in [-0.4, -0.2) is 43.5 Å². The molecule has 0 spiro atoms. The number of carbonyl (C=O) groups excluding carboxylic acids is 1. The van der Waals surface area contributed by atoms with Crippen molar-refractivity contribution in [2.24, 2.45) is 0 Å². The lowest BCUT2D eigenvalue weighted by atomic mass is 10.1. The van der Waals surface area contributed by atoms with Gasteiger partial charge in [0.2, 0.25) is 0 Å². The lowest BCUT2D eigenvalue weighted by Gasteiger charge is -2.37. The van der Waals surface area contributed by atoms with Crippen LogP contribution in [0.2, 0.25) is 0 Å². The van der Waals surface area contributed by atoms with Crippen molar-refractivity contribution >= 4 is 5.78 Å². The van der Waals surface area contributed by atoms with Crippen molar-refractivity contribution in [3.05, 3.63) is 0 Å². The van der Waals surface area contributed by atoms with E-state index in [-0.39, 0.29) is 5.78 Å². The fourth-order valence-electron chi connectivity index (χ4n) is 1.12. The zero-order chi connectivity index (χ0) is 7.56. The molecule has 0 amide bonds. The Kier molecular flexibility index (Phi) is 2.40. The van der Waals surface area contributed by atoms with E-state index in [1.165, 1.54) is 0 Å². The molecule has 1 aliphatic rings. The second-order valence-electron chi connectivity index (χ2n) is 2.75. The highest BCUT2D eigenvalue weighted by Gasteiger charge is 2.26. The summed E-state index contributed by atoms with van der Waals surface area (Å²) in [6.07, 6.45) is 0.361. The summed E-state index contributed by atoms with van der Waals surface area (Å²) >= 11 is 0. The first kappa shape index (κ1) is 7.69. The van der Waals surface area contributed by atoms with Crippen molar-refractivity contribution in [2.45, 2.75) is 13.0 Å². The van der Waals surface area contributed by atoms with Crippen molar-refractivity contribution in [2.75, 3.05) is 26.7 Å². The minimum Gasteiger partial charge on any atom is -0.379 e. The Bertz CT molecular complexity index is 130. The summed E-state index contributed by atoms with van der Waals surface area (Å²) in [6.45, 7) is 4.02. The highest BCUT2D eigenvalue weighted by Crippen LogP contribution is 2.09. The van der Waals surface area contributed by atoms with E-state index in [0.717, 1.165) is 13.1 Å². The molecular formula is C7H13NO2. The predicted molar refractivity (Wildman–Crippen MR) is 37.9 cm³/mol. The predicted octanol–water partition coefficient (Wildman–Crippen LogP) is -0.0940. The number of Topliss-reactive ketones (excluding diaryl/α,β-unsaturated/α-hetero) is 1. The molecule has 58 valence electrons. The third-order valence-electron chi connectivity index (χ3n) is 1.70. The number of carbonyl (C=O) groups is 1.